The molecule has 0 spiro atoms. The van der Waals surface area contributed by atoms with Crippen molar-refractivity contribution in [2.24, 2.45) is 0 Å². The predicted molar refractivity (Wildman–Crippen MR) is 65.8 cm³/mol. The summed E-state index contributed by atoms with van der Waals surface area (Å²) in [6, 6.07) is 0. The van der Waals surface area contributed by atoms with Crippen LogP contribution in [0.1, 0.15) is 23.9 Å². The van der Waals surface area contributed by atoms with Gasteiger partial charge in [0.25, 0.3) is 0 Å². The first kappa shape index (κ1) is 12.6. The fourth-order valence-corrected chi connectivity index (χ4v) is 1.91. The van der Waals surface area contributed by atoms with E-state index in [1.54, 1.807) is 0 Å². The van der Waals surface area contributed by atoms with E-state index in [4.69, 9.17) is 4.74 Å². The van der Waals surface area contributed by atoms with Crippen molar-refractivity contribution in [2.45, 2.75) is 33.7 Å². The van der Waals surface area contributed by atoms with E-state index < -0.39 is 0 Å². The minimum absolute atomic E-state index is 0.711. The van der Waals surface area contributed by atoms with E-state index in [0.717, 1.165) is 24.4 Å². The zero-order chi connectivity index (χ0) is 11.3. The SMILES string of the molecule is CCc1c(C)nn(CCOCCS)c1C. The number of hydrogen-bond donors (Lipinski definition) is 1. The van der Waals surface area contributed by atoms with Gasteiger partial charge in [0.15, 0.2) is 0 Å². The maximum absolute atomic E-state index is 5.39. The van der Waals surface area contributed by atoms with Gasteiger partial charge in [0.1, 0.15) is 0 Å². The van der Waals surface area contributed by atoms with Crippen molar-refractivity contribution in [2.75, 3.05) is 19.0 Å². The molecule has 0 unspecified atom stereocenters. The largest absolute Gasteiger partial charge is 0.379 e. The highest BCUT2D eigenvalue weighted by Gasteiger charge is 2.08. The highest BCUT2D eigenvalue weighted by Crippen LogP contribution is 2.13. The highest BCUT2D eigenvalue weighted by molar-refractivity contribution is 7.80. The van der Waals surface area contributed by atoms with Crippen molar-refractivity contribution in [3.63, 3.8) is 0 Å². The zero-order valence-electron chi connectivity index (χ0n) is 9.79. The number of rotatable bonds is 6. The monoisotopic (exact) mass is 228 g/mol. The van der Waals surface area contributed by atoms with Gasteiger partial charge in [0.05, 0.1) is 25.5 Å². The van der Waals surface area contributed by atoms with Crippen LogP contribution in [0.5, 0.6) is 0 Å². The van der Waals surface area contributed by atoms with E-state index in [1.807, 2.05) is 4.68 Å². The highest BCUT2D eigenvalue weighted by atomic mass is 32.1. The smallest absolute Gasteiger partial charge is 0.0663 e. The van der Waals surface area contributed by atoms with Gasteiger partial charge in [-0.2, -0.15) is 17.7 Å². The Balaban J connectivity index is 2.54. The molecule has 0 aliphatic carbocycles. The molecule has 3 nitrogen and oxygen atoms in total. The maximum atomic E-state index is 5.39. The van der Waals surface area contributed by atoms with Crippen LogP contribution in [0, 0.1) is 13.8 Å². The molecule has 0 radical (unpaired) electrons. The zero-order valence-corrected chi connectivity index (χ0v) is 10.7. The second-order valence-electron chi connectivity index (χ2n) is 3.56. The molecule has 1 aromatic rings. The van der Waals surface area contributed by atoms with Crippen LogP contribution in [0.4, 0.5) is 0 Å². The van der Waals surface area contributed by atoms with Gasteiger partial charge in [-0.1, -0.05) is 6.92 Å². The molecule has 1 rings (SSSR count). The summed E-state index contributed by atoms with van der Waals surface area (Å²) in [5.41, 5.74) is 3.78. The summed E-state index contributed by atoms with van der Waals surface area (Å²) in [5.74, 6) is 0.775. The number of ether oxygens (including phenoxy) is 1. The Hall–Kier alpha value is -0.480. The van der Waals surface area contributed by atoms with Gasteiger partial charge in [-0.15, -0.1) is 0 Å². The fraction of sp³-hybridized carbons (Fsp3) is 0.727. The molecule has 15 heavy (non-hydrogen) atoms. The molecule has 0 amide bonds. The molecule has 86 valence electrons. The van der Waals surface area contributed by atoms with Gasteiger partial charge in [0, 0.05) is 11.4 Å². The molecule has 0 atom stereocenters. The Labute approximate surface area is 97.2 Å². The summed E-state index contributed by atoms with van der Waals surface area (Å²) in [5, 5.41) is 4.50. The molecule has 0 saturated carbocycles. The van der Waals surface area contributed by atoms with E-state index in [1.165, 1.54) is 11.3 Å². The summed E-state index contributed by atoms with van der Waals surface area (Å²) in [6.45, 7) is 8.61. The van der Waals surface area contributed by atoms with Crippen LogP contribution in [0.2, 0.25) is 0 Å². The Morgan fingerprint density at radius 3 is 2.60 bits per heavy atom. The molecule has 0 fully saturated rings. The fourth-order valence-electron chi connectivity index (χ4n) is 1.78. The van der Waals surface area contributed by atoms with Gasteiger partial charge in [-0.05, 0) is 25.8 Å². The van der Waals surface area contributed by atoms with Crippen LogP contribution in [-0.2, 0) is 17.7 Å². The van der Waals surface area contributed by atoms with Crippen molar-refractivity contribution in [3.8, 4) is 0 Å². The average molecular weight is 228 g/mol. The molecular weight excluding hydrogens is 208 g/mol. The van der Waals surface area contributed by atoms with Crippen LogP contribution in [-0.4, -0.2) is 28.7 Å². The Kier molecular flexibility index (Phi) is 5.19. The van der Waals surface area contributed by atoms with E-state index in [2.05, 4.69) is 38.5 Å². The summed E-state index contributed by atoms with van der Waals surface area (Å²) in [6.07, 6.45) is 1.05. The van der Waals surface area contributed by atoms with Crippen molar-refractivity contribution in [3.05, 3.63) is 17.0 Å². The molecule has 1 aromatic heterocycles. The number of hydrogen-bond acceptors (Lipinski definition) is 3. The lowest BCUT2D eigenvalue weighted by atomic mass is 10.1. The Morgan fingerprint density at radius 2 is 2.07 bits per heavy atom. The third kappa shape index (κ3) is 3.24. The summed E-state index contributed by atoms with van der Waals surface area (Å²) < 4.78 is 7.42. The number of aryl methyl sites for hydroxylation is 1. The van der Waals surface area contributed by atoms with Crippen molar-refractivity contribution >= 4 is 12.6 Å². The van der Waals surface area contributed by atoms with Gasteiger partial charge in [-0.25, -0.2) is 0 Å². The van der Waals surface area contributed by atoms with Crippen LogP contribution in [0.3, 0.4) is 0 Å². The predicted octanol–water partition coefficient (Wildman–Crippen LogP) is 2.01. The van der Waals surface area contributed by atoms with Gasteiger partial charge in [0.2, 0.25) is 0 Å². The molecule has 0 aliphatic rings. The molecule has 0 aliphatic heterocycles. The van der Waals surface area contributed by atoms with Crippen LogP contribution >= 0.6 is 12.6 Å². The van der Waals surface area contributed by atoms with Crippen molar-refractivity contribution in [1.29, 1.82) is 0 Å². The second-order valence-corrected chi connectivity index (χ2v) is 4.01. The molecule has 1 heterocycles. The molecular formula is C11H20N2OS. The molecule has 0 N–H and O–H groups in total. The van der Waals surface area contributed by atoms with Gasteiger partial charge in [-0.3, -0.25) is 4.68 Å². The van der Waals surface area contributed by atoms with Gasteiger partial charge >= 0.3 is 0 Å². The average Bonchev–Trinajstić information content (AvgIpc) is 2.49. The Bertz CT molecular complexity index is 310. The lowest BCUT2D eigenvalue weighted by Gasteiger charge is -2.05. The number of nitrogens with zero attached hydrogens (tertiary/aromatic N) is 2. The number of aromatic nitrogens is 2. The quantitative estimate of drug-likeness (QED) is 0.595. The summed E-state index contributed by atoms with van der Waals surface area (Å²) in [7, 11) is 0. The van der Waals surface area contributed by atoms with Crippen molar-refractivity contribution < 1.29 is 4.74 Å². The standard InChI is InChI=1S/C11H20N2OS/c1-4-11-9(2)12-13(10(11)3)5-6-14-7-8-15/h15H,4-8H2,1-3H3. The minimum atomic E-state index is 0.711. The van der Waals surface area contributed by atoms with E-state index in [9.17, 15) is 0 Å². The first-order chi connectivity index (χ1) is 7.20. The summed E-state index contributed by atoms with van der Waals surface area (Å²) in [4.78, 5) is 0. The molecule has 4 heteroatoms. The van der Waals surface area contributed by atoms with E-state index >= 15 is 0 Å². The van der Waals surface area contributed by atoms with E-state index in [0.29, 0.717) is 13.2 Å². The third-order valence-corrected chi connectivity index (χ3v) is 2.75. The first-order valence-electron chi connectivity index (χ1n) is 5.42. The minimum Gasteiger partial charge on any atom is -0.379 e. The van der Waals surface area contributed by atoms with Crippen LogP contribution < -0.4 is 0 Å². The third-order valence-electron chi connectivity index (χ3n) is 2.57. The summed E-state index contributed by atoms with van der Waals surface area (Å²) >= 11 is 4.09. The van der Waals surface area contributed by atoms with Crippen LogP contribution in [0.15, 0.2) is 0 Å². The topological polar surface area (TPSA) is 27.1 Å². The van der Waals surface area contributed by atoms with Gasteiger partial charge < -0.3 is 4.74 Å². The lowest BCUT2D eigenvalue weighted by molar-refractivity contribution is 0.138. The molecule has 0 saturated heterocycles. The maximum Gasteiger partial charge on any atom is 0.0663 e. The molecule has 0 aromatic carbocycles. The van der Waals surface area contributed by atoms with E-state index in [-0.39, 0.29) is 0 Å². The van der Waals surface area contributed by atoms with Crippen molar-refractivity contribution in [1.82, 2.24) is 9.78 Å². The first-order valence-corrected chi connectivity index (χ1v) is 6.05. The lowest BCUT2D eigenvalue weighted by Crippen LogP contribution is -2.10. The number of thiol groups is 1. The molecule has 0 bridgehead atoms. The van der Waals surface area contributed by atoms with Crippen LogP contribution in [0.25, 0.3) is 0 Å². The second kappa shape index (κ2) is 6.18. The Morgan fingerprint density at radius 1 is 1.33 bits per heavy atom. The normalized spacial score (nSPS) is 10.9.